The third-order valence-electron chi connectivity index (χ3n) is 3.60. The highest BCUT2D eigenvalue weighted by Gasteiger charge is 2.19. The zero-order chi connectivity index (χ0) is 17.0. The highest BCUT2D eigenvalue weighted by Crippen LogP contribution is 2.21. The van der Waals surface area contributed by atoms with E-state index in [9.17, 15) is 13.2 Å². The summed E-state index contributed by atoms with van der Waals surface area (Å²) >= 11 is 0. The van der Waals surface area contributed by atoms with Crippen molar-refractivity contribution in [3.8, 4) is 0 Å². The second kappa shape index (κ2) is 6.83. The van der Waals surface area contributed by atoms with Crippen molar-refractivity contribution >= 4 is 21.6 Å². The van der Waals surface area contributed by atoms with Gasteiger partial charge in [0.1, 0.15) is 0 Å². The molecule has 0 heterocycles. The molecule has 1 amide bonds. The molecule has 0 spiro atoms. The van der Waals surface area contributed by atoms with Gasteiger partial charge in [0.15, 0.2) is 0 Å². The van der Waals surface area contributed by atoms with Crippen molar-refractivity contribution in [3.63, 3.8) is 0 Å². The van der Waals surface area contributed by atoms with Crippen LogP contribution in [-0.2, 0) is 10.0 Å². The number of hydrogen-bond acceptors (Lipinski definition) is 3. The summed E-state index contributed by atoms with van der Waals surface area (Å²) in [6.45, 7) is 1.95. The van der Waals surface area contributed by atoms with E-state index in [0.717, 1.165) is 11.8 Å². The van der Waals surface area contributed by atoms with Gasteiger partial charge in [-0.3, -0.25) is 9.52 Å². The Balaban J connectivity index is 2.21. The Kier molecular flexibility index (Phi) is 5.05. The first-order valence-corrected chi connectivity index (χ1v) is 9.07. The summed E-state index contributed by atoms with van der Waals surface area (Å²) in [7, 11) is -1.64. The Morgan fingerprint density at radius 2 is 1.74 bits per heavy atom. The molecule has 2 aromatic carbocycles. The van der Waals surface area contributed by atoms with E-state index in [0.29, 0.717) is 11.3 Å². The lowest BCUT2D eigenvalue weighted by Crippen LogP contribution is -2.29. The maximum Gasteiger partial charge on any atom is 0.254 e. The molecule has 0 aromatic heterocycles. The molecule has 0 aliphatic carbocycles. The van der Waals surface area contributed by atoms with Gasteiger partial charge in [-0.1, -0.05) is 36.4 Å². The number of hydrogen-bond donors (Lipinski definition) is 1. The average molecular weight is 332 g/mol. The number of benzene rings is 2. The second-order valence-electron chi connectivity index (χ2n) is 5.46. The van der Waals surface area contributed by atoms with Crippen LogP contribution in [-0.4, -0.2) is 32.5 Å². The predicted molar refractivity (Wildman–Crippen MR) is 91.9 cm³/mol. The van der Waals surface area contributed by atoms with Crippen molar-refractivity contribution in [2.75, 3.05) is 18.0 Å². The summed E-state index contributed by atoms with van der Waals surface area (Å²) < 4.78 is 25.0. The van der Waals surface area contributed by atoms with E-state index in [4.69, 9.17) is 0 Å². The number of sulfonamides is 1. The van der Waals surface area contributed by atoms with Gasteiger partial charge in [0.25, 0.3) is 5.91 Å². The number of carbonyl (C=O) groups is 1. The molecule has 0 saturated carbocycles. The molecule has 1 atom stereocenters. The lowest BCUT2D eigenvalue weighted by molar-refractivity contribution is 0.0742. The van der Waals surface area contributed by atoms with Crippen molar-refractivity contribution in [1.29, 1.82) is 0 Å². The van der Waals surface area contributed by atoms with Crippen LogP contribution in [0.2, 0.25) is 0 Å². The standard InChI is InChI=1S/C17H20N2O3S/c1-13(14-8-5-4-6-9-14)19(2)17(20)15-10-7-11-16(12-15)18-23(3,21)22/h4-13,18H,1-3H3. The first-order chi connectivity index (χ1) is 10.8. The van der Waals surface area contributed by atoms with Gasteiger partial charge in [0.05, 0.1) is 12.3 Å². The summed E-state index contributed by atoms with van der Waals surface area (Å²) in [5.41, 5.74) is 1.84. The molecular weight excluding hydrogens is 312 g/mol. The van der Waals surface area contributed by atoms with Crippen LogP contribution in [0.25, 0.3) is 0 Å². The first kappa shape index (κ1) is 17.0. The molecule has 122 valence electrons. The van der Waals surface area contributed by atoms with Crippen molar-refractivity contribution in [2.24, 2.45) is 0 Å². The van der Waals surface area contributed by atoms with Crippen LogP contribution < -0.4 is 4.72 Å². The highest BCUT2D eigenvalue weighted by atomic mass is 32.2. The smallest absolute Gasteiger partial charge is 0.254 e. The van der Waals surface area contributed by atoms with Crippen LogP contribution in [0.3, 0.4) is 0 Å². The van der Waals surface area contributed by atoms with Gasteiger partial charge in [0.2, 0.25) is 10.0 Å². The number of nitrogens with zero attached hydrogens (tertiary/aromatic N) is 1. The third-order valence-corrected chi connectivity index (χ3v) is 4.20. The van der Waals surface area contributed by atoms with Crippen LogP contribution in [0, 0.1) is 0 Å². The van der Waals surface area contributed by atoms with E-state index in [1.807, 2.05) is 37.3 Å². The molecule has 6 heteroatoms. The Bertz CT molecular complexity index is 788. The largest absolute Gasteiger partial charge is 0.335 e. The molecule has 5 nitrogen and oxygen atoms in total. The van der Waals surface area contributed by atoms with E-state index >= 15 is 0 Å². The Morgan fingerprint density at radius 1 is 1.09 bits per heavy atom. The quantitative estimate of drug-likeness (QED) is 0.915. The van der Waals surface area contributed by atoms with Gasteiger partial charge in [-0.2, -0.15) is 0 Å². The van der Waals surface area contributed by atoms with E-state index < -0.39 is 10.0 Å². The molecule has 0 bridgehead atoms. The molecular formula is C17H20N2O3S. The number of carbonyl (C=O) groups excluding carboxylic acids is 1. The molecule has 0 aliphatic rings. The summed E-state index contributed by atoms with van der Waals surface area (Å²) in [4.78, 5) is 14.3. The summed E-state index contributed by atoms with van der Waals surface area (Å²) in [6, 6.07) is 16.1. The maximum atomic E-state index is 12.6. The topological polar surface area (TPSA) is 66.5 Å². The summed E-state index contributed by atoms with van der Waals surface area (Å²) in [6.07, 6.45) is 1.07. The van der Waals surface area contributed by atoms with E-state index in [-0.39, 0.29) is 11.9 Å². The van der Waals surface area contributed by atoms with Gasteiger partial charge in [-0.05, 0) is 30.7 Å². The van der Waals surface area contributed by atoms with E-state index in [1.54, 1.807) is 30.1 Å². The van der Waals surface area contributed by atoms with Crippen molar-refractivity contribution in [1.82, 2.24) is 4.90 Å². The van der Waals surface area contributed by atoms with Gasteiger partial charge < -0.3 is 4.90 Å². The second-order valence-corrected chi connectivity index (χ2v) is 7.21. The number of amides is 1. The van der Waals surface area contributed by atoms with Crippen LogP contribution in [0.1, 0.15) is 28.9 Å². The molecule has 0 radical (unpaired) electrons. The number of nitrogens with one attached hydrogen (secondary N) is 1. The lowest BCUT2D eigenvalue weighted by atomic mass is 10.1. The minimum atomic E-state index is -3.37. The number of rotatable bonds is 5. The van der Waals surface area contributed by atoms with Crippen molar-refractivity contribution in [3.05, 3.63) is 65.7 Å². The molecule has 2 aromatic rings. The Morgan fingerprint density at radius 3 is 2.35 bits per heavy atom. The van der Waals surface area contributed by atoms with E-state index in [2.05, 4.69) is 4.72 Å². The fraction of sp³-hybridized carbons (Fsp3) is 0.235. The van der Waals surface area contributed by atoms with Crippen molar-refractivity contribution in [2.45, 2.75) is 13.0 Å². The average Bonchev–Trinajstić information content (AvgIpc) is 2.52. The molecule has 2 rings (SSSR count). The fourth-order valence-corrected chi connectivity index (χ4v) is 2.82. The maximum absolute atomic E-state index is 12.6. The van der Waals surface area contributed by atoms with Crippen LogP contribution in [0.15, 0.2) is 54.6 Å². The fourth-order valence-electron chi connectivity index (χ4n) is 2.26. The normalized spacial score (nSPS) is 12.5. The van der Waals surface area contributed by atoms with Gasteiger partial charge in [-0.25, -0.2) is 8.42 Å². The lowest BCUT2D eigenvalue weighted by Gasteiger charge is -2.25. The van der Waals surface area contributed by atoms with Crippen LogP contribution >= 0.6 is 0 Å². The summed E-state index contributed by atoms with van der Waals surface area (Å²) in [5, 5.41) is 0. The van der Waals surface area contributed by atoms with Gasteiger partial charge in [0, 0.05) is 18.3 Å². The van der Waals surface area contributed by atoms with Crippen LogP contribution in [0.4, 0.5) is 5.69 Å². The zero-order valence-corrected chi connectivity index (χ0v) is 14.2. The monoisotopic (exact) mass is 332 g/mol. The van der Waals surface area contributed by atoms with Gasteiger partial charge >= 0.3 is 0 Å². The molecule has 1 unspecified atom stereocenters. The van der Waals surface area contributed by atoms with Crippen molar-refractivity contribution < 1.29 is 13.2 Å². The molecule has 0 aliphatic heterocycles. The molecule has 23 heavy (non-hydrogen) atoms. The minimum absolute atomic E-state index is 0.0878. The highest BCUT2D eigenvalue weighted by molar-refractivity contribution is 7.92. The summed E-state index contributed by atoms with van der Waals surface area (Å²) in [5.74, 6) is -0.168. The third kappa shape index (κ3) is 4.56. The first-order valence-electron chi connectivity index (χ1n) is 7.18. The molecule has 0 saturated heterocycles. The Labute approximate surface area is 137 Å². The Hall–Kier alpha value is -2.34. The molecule has 0 fully saturated rings. The molecule has 1 N–H and O–H groups in total. The predicted octanol–water partition coefficient (Wildman–Crippen LogP) is 2.89. The minimum Gasteiger partial charge on any atom is -0.335 e. The SMILES string of the molecule is CC(c1ccccc1)N(C)C(=O)c1cccc(NS(C)(=O)=O)c1. The van der Waals surface area contributed by atoms with E-state index in [1.165, 1.54) is 6.07 Å². The number of anilines is 1. The zero-order valence-electron chi connectivity index (χ0n) is 13.4. The van der Waals surface area contributed by atoms with Gasteiger partial charge in [-0.15, -0.1) is 0 Å². The van der Waals surface area contributed by atoms with Crippen LogP contribution in [0.5, 0.6) is 0 Å².